The second kappa shape index (κ2) is 12.7. The van der Waals surface area contributed by atoms with Crippen molar-refractivity contribution < 1.29 is 18.3 Å². The summed E-state index contributed by atoms with van der Waals surface area (Å²) in [5.74, 6) is -0.764. The zero-order chi connectivity index (χ0) is 16.8. The molecular weight excluding hydrogens is 300 g/mol. The molecule has 0 saturated carbocycles. The zero-order valence-electron chi connectivity index (χ0n) is 14.1. The van der Waals surface area contributed by atoms with E-state index in [9.17, 15) is 13.2 Å². The summed E-state index contributed by atoms with van der Waals surface area (Å²) in [7, 11) is -3.05. The SMILES string of the molecule is CCCCCC/C=C/C(CCCCCCC(=O)O)S(C)(=O)=O. The quantitative estimate of drug-likeness (QED) is 0.379. The average Bonchev–Trinajstić information content (AvgIpc) is 2.42. The molecule has 0 aromatic rings. The molecule has 22 heavy (non-hydrogen) atoms. The Hall–Kier alpha value is -0.840. The van der Waals surface area contributed by atoms with Gasteiger partial charge in [-0.15, -0.1) is 0 Å². The Morgan fingerprint density at radius 2 is 1.68 bits per heavy atom. The van der Waals surface area contributed by atoms with Crippen molar-refractivity contribution in [3.05, 3.63) is 12.2 Å². The first-order valence-corrected chi connectivity index (χ1v) is 10.4. The van der Waals surface area contributed by atoms with Crippen LogP contribution in [0.4, 0.5) is 0 Å². The summed E-state index contributed by atoms with van der Waals surface area (Å²) in [6.07, 6.45) is 14.9. The lowest BCUT2D eigenvalue weighted by molar-refractivity contribution is -0.137. The average molecular weight is 333 g/mol. The predicted octanol–water partition coefficient (Wildman–Crippen LogP) is 4.35. The van der Waals surface area contributed by atoms with Gasteiger partial charge in [0.25, 0.3) is 0 Å². The van der Waals surface area contributed by atoms with Crippen LogP contribution in [0, 0.1) is 0 Å². The Balaban J connectivity index is 3.99. The van der Waals surface area contributed by atoms with E-state index < -0.39 is 21.1 Å². The summed E-state index contributed by atoms with van der Waals surface area (Å²) in [6.45, 7) is 2.17. The molecule has 0 aliphatic carbocycles. The maximum atomic E-state index is 11.8. The monoisotopic (exact) mass is 332 g/mol. The molecule has 0 aliphatic rings. The first-order chi connectivity index (χ1) is 10.4. The number of aliphatic carboxylic acids is 1. The third-order valence-electron chi connectivity index (χ3n) is 3.75. The molecular formula is C17H32O4S. The van der Waals surface area contributed by atoms with E-state index >= 15 is 0 Å². The zero-order valence-corrected chi connectivity index (χ0v) is 14.9. The molecule has 0 radical (unpaired) electrons. The number of carboxylic acids is 1. The van der Waals surface area contributed by atoms with Gasteiger partial charge in [-0.25, -0.2) is 8.42 Å². The number of carbonyl (C=O) groups is 1. The van der Waals surface area contributed by atoms with Crippen LogP contribution in [0.5, 0.6) is 0 Å². The third-order valence-corrected chi connectivity index (χ3v) is 5.25. The molecule has 0 saturated heterocycles. The highest BCUT2D eigenvalue weighted by molar-refractivity contribution is 7.91. The van der Waals surface area contributed by atoms with Crippen molar-refractivity contribution in [2.45, 2.75) is 82.8 Å². The van der Waals surface area contributed by atoms with E-state index in [0.29, 0.717) is 12.8 Å². The molecule has 0 heterocycles. The van der Waals surface area contributed by atoms with Gasteiger partial charge in [0.05, 0.1) is 5.25 Å². The van der Waals surface area contributed by atoms with Gasteiger partial charge in [-0.2, -0.15) is 0 Å². The Kier molecular flexibility index (Phi) is 12.2. The fraction of sp³-hybridized carbons (Fsp3) is 0.824. The normalized spacial score (nSPS) is 13.5. The van der Waals surface area contributed by atoms with Gasteiger partial charge in [0.15, 0.2) is 9.84 Å². The summed E-state index contributed by atoms with van der Waals surface area (Å²) in [5.41, 5.74) is 0. The topological polar surface area (TPSA) is 71.4 Å². The van der Waals surface area contributed by atoms with E-state index in [0.717, 1.165) is 32.1 Å². The predicted molar refractivity (Wildman–Crippen MR) is 91.9 cm³/mol. The van der Waals surface area contributed by atoms with Gasteiger partial charge >= 0.3 is 5.97 Å². The number of rotatable bonds is 14. The van der Waals surface area contributed by atoms with Gasteiger partial charge in [0.2, 0.25) is 0 Å². The highest BCUT2D eigenvalue weighted by Gasteiger charge is 2.16. The number of allylic oxidation sites excluding steroid dienone is 1. The van der Waals surface area contributed by atoms with E-state index in [1.807, 2.05) is 12.2 Å². The summed E-state index contributed by atoms with van der Waals surface area (Å²) < 4.78 is 23.6. The summed E-state index contributed by atoms with van der Waals surface area (Å²) in [6, 6.07) is 0. The number of hydrogen-bond acceptors (Lipinski definition) is 3. The minimum Gasteiger partial charge on any atom is -0.481 e. The Morgan fingerprint density at radius 3 is 2.27 bits per heavy atom. The van der Waals surface area contributed by atoms with E-state index in [-0.39, 0.29) is 6.42 Å². The number of carboxylic acid groups (broad SMARTS) is 1. The fourth-order valence-corrected chi connectivity index (χ4v) is 3.36. The lowest BCUT2D eigenvalue weighted by Crippen LogP contribution is -2.17. The van der Waals surface area contributed by atoms with Crippen LogP contribution in [-0.2, 0) is 14.6 Å². The molecule has 0 spiro atoms. The molecule has 1 atom stereocenters. The highest BCUT2D eigenvalue weighted by atomic mass is 32.2. The molecule has 130 valence electrons. The van der Waals surface area contributed by atoms with Crippen molar-refractivity contribution in [3.8, 4) is 0 Å². The smallest absolute Gasteiger partial charge is 0.303 e. The van der Waals surface area contributed by atoms with Crippen LogP contribution in [0.25, 0.3) is 0 Å². The van der Waals surface area contributed by atoms with Gasteiger partial charge in [0, 0.05) is 12.7 Å². The summed E-state index contributed by atoms with van der Waals surface area (Å²) in [5, 5.41) is 8.16. The second-order valence-corrected chi connectivity index (χ2v) is 8.26. The van der Waals surface area contributed by atoms with Crippen LogP contribution < -0.4 is 0 Å². The first-order valence-electron chi connectivity index (χ1n) is 8.45. The summed E-state index contributed by atoms with van der Waals surface area (Å²) in [4.78, 5) is 10.4. The van der Waals surface area contributed by atoms with E-state index in [2.05, 4.69) is 6.92 Å². The van der Waals surface area contributed by atoms with E-state index in [1.54, 1.807) is 0 Å². The van der Waals surface area contributed by atoms with Gasteiger partial charge in [-0.3, -0.25) is 4.79 Å². The standard InChI is InChI=1S/C17H32O4S/c1-3-4-5-6-7-10-13-16(22(2,20)21)14-11-8-9-12-15-17(18)19/h10,13,16H,3-9,11-12,14-15H2,1-2H3,(H,18,19)/b13-10+. The van der Waals surface area contributed by atoms with E-state index in [4.69, 9.17) is 5.11 Å². The lowest BCUT2D eigenvalue weighted by Gasteiger charge is -2.10. The second-order valence-electron chi connectivity index (χ2n) is 5.99. The van der Waals surface area contributed by atoms with Crippen LogP contribution in [0.1, 0.15) is 77.6 Å². The molecule has 0 aromatic heterocycles. The highest BCUT2D eigenvalue weighted by Crippen LogP contribution is 2.14. The largest absolute Gasteiger partial charge is 0.481 e. The molecule has 0 amide bonds. The molecule has 0 bridgehead atoms. The molecule has 0 aliphatic heterocycles. The molecule has 1 unspecified atom stereocenters. The first kappa shape index (κ1) is 21.2. The Morgan fingerprint density at radius 1 is 1.05 bits per heavy atom. The molecule has 5 heteroatoms. The van der Waals surface area contributed by atoms with Gasteiger partial charge in [0.1, 0.15) is 0 Å². The van der Waals surface area contributed by atoms with Crippen molar-refractivity contribution >= 4 is 15.8 Å². The van der Waals surface area contributed by atoms with Crippen LogP contribution in [0.2, 0.25) is 0 Å². The van der Waals surface area contributed by atoms with Crippen molar-refractivity contribution in [2.24, 2.45) is 0 Å². The minimum atomic E-state index is -3.05. The van der Waals surface area contributed by atoms with Crippen LogP contribution >= 0.6 is 0 Å². The molecule has 0 fully saturated rings. The van der Waals surface area contributed by atoms with Crippen molar-refractivity contribution in [3.63, 3.8) is 0 Å². The van der Waals surface area contributed by atoms with Crippen LogP contribution in [0.3, 0.4) is 0 Å². The van der Waals surface area contributed by atoms with Gasteiger partial charge < -0.3 is 5.11 Å². The molecule has 4 nitrogen and oxygen atoms in total. The number of hydrogen-bond donors (Lipinski definition) is 1. The molecule has 0 rings (SSSR count). The van der Waals surface area contributed by atoms with Crippen molar-refractivity contribution in [1.29, 1.82) is 0 Å². The van der Waals surface area contributed by atoms with Crippen molar-refractivity contribution in [2.75, 3.05) is 6.26 Å². The number of sulfone groups is 1. The molecule has 1 N–H and O–H groups in total. The number of unbranched alkanes of at least 4 members (excludes halogenated alkanes) is 7. The van der Waals surface area contributed by atoms with Gasteiger partial charge in [-0.05, 0) is 25.7 Å². The van der Waals surface area contributed by atoms with Crippen LogP contribution in [0.15, 0.2) is 12.2 Å². The minimum absolute atomic E-state index is 0.202. The van der Waals surface area contributed by atoms with Crippen molar-refractivity contribution in [1.82, 2.24) is 0 Å². The fourth-order valence-electron chi connectivity index (χ4n) is 2.37. The third kappa shape index (κ3) is 12.9. The van der Waals surface area contributed by atoms with Crippen LogP contribution in [-0.4, -0.2) is 31.0 Å². The molecule has 0 aromatic carbocycles. The Bertz CT molecular complexity index is 412. The maximum Gasteiger partial charge on any atom is 0.303 e. The van der Waals surface area contributed by atoms with Gasteiger partial charge in [-0.1, -0.05) is 57.6 Å². The lowest BCUT2D eigenvalue weighted by atomic mass is 10.1. The maximum absolute atomic E-state index is 11.8. The Labute approximate surface area is 135 Å². The summed E-state index contributed by atoms with van der Waals surface area (Å²) >= 11 is 0. The van der Waals surface area contributed by atoms with E-state index in [1.165, 1.54) is 25.5 Å².